The van der Waals surface area contributed by atoms with E-state index in [1.165, 1.54) is 0 Å². The summed E-state index contributed by atoms with van der Waals surface area (Å²) in [5.41, 5.74) is 0. The molecule has 0 fully saturated rings. The Morgan fingerprint density at radius 2 is 1.30 bits per heavy atom. The van der Waals surface area contributed by atoms with Crippen molar-refractivity contribution in [2.75, 3.05) is 13.2 Å². The lowest BCUT2D eigenvalue weighted by Gasteiger charge is -2.20. The van der Waals surface area contributed by atoms with Crippen molar-refractivity contribution in [3.05, 3.63) is 0 Å². The Kier molecular flexibility index (Phi) is 13.4. The average molecular weight is 372 g/mol. The summed E-state index contributed by atoms with van der Waals surface area (Å²) in [5.74, 6) is 0. The van der Waals surface area contributed by atoms with E-state index in [2.05, 4.69) is 32.7 Å². The summed E-state index contributed by atoms with van der Waals surface area (Å²) in [6, 6.07) is 0.964. The smallest absolute Gasteiger partial charge is 0.154 e. The van der Waals surface area contributed by atoms with Crippen LogP contribution in [0.3, 0.4) is 0 Å². The van der Waals surface area contributed by atoms with E-state index in [-0.39, 0.29) is 16.3 Å². The molecular weight excluding hydrogens is 343 g/mol. The number of hydrogen-bond donors (Lipinski definition) is 0. The quantitative estimate of drug-likeness (QED) is 0.292. The van der Waals surface area contributed by atoms with Crippen LogP contribution in [-0.2, 0) is 9.47 Å². The molecule has 118 valence electrons. The van der Waals surface area contributed by atoms with Gasteiger partial charge in [-0.05, 0) is 18.9 Å². The van der Waals surface area contributed by atoms with Crippen LogP contribution in [0.4, 0.5) is 0 Å². The van der Waals surface area contributed by atoms with Gasteiger partial charge in [0.2, 0.25) is 0 Å². The minimum Gasteiger partial charge on any atom is -0.353 e. The van der Waals surface area contributed by atoms with Crippen LogP contribution >= 0.6 is 23.2 Å². The zero-order valence-electron chi connectivity index (χ0n) is 13.3. The molecule has 20 heavy (non-hydrogen) atoms. The molecule has 0 rings (SSSR count). The van der Waals surface area contributed by atoms with Crippen LogP contribution < -0.4 is 0 Å². The molecule has 0 amide bonds. The van der Waals surface area contributed by atoms with Crippen molar-refractivity contribution in [1.29, 1.82) is 0 Å². The fourth-order valence-electron chi connectivity index (χ4n) is 1.52. The Morgan fingerprint density at radius 1 is 0.900 bits per heavy atom. The van der Waals surface area contributed by atoms with Gasteiger partial charge in [-0.25, -0.2) is 0 Å². The second kappa shape index (κ2) is 12.7. The molecule has 0 saturated heterocycles. The lowest BCUT2D eigenvalue weighted by molar-refractivity contribution is -0.130. The van der Waals surface area contributed by atoms with Crippen LogP contribution in [0.25, 0.3) is 0 Å². The van der Waals surface area contributed by atoms with E-state index >= 15 is 0 Å². The van der Waals surface area contributed by atoms with E-state index < -0.39 is 17.6 Å². The molecule has 2 unspecified atom stereocenters. The van der Waals surface area contributed by atoms with Crippen molar-refractivity contribution in [2.45, 2.75) is 67.9 Å². The van der Waals surface area contributed by atoms with Gasteiger partial charge < -0.3 is 9.47 Å². The molecule has 0 saturated carbocycles. The zero-order chi connectivity index (χ0) is 15.5. The van der Waals surface area contributed by atoms with Crippen molar-refractivity contribution in [1.82, 2.24) is 0 Å². The maximum absolute atomic E-state index is 6.27. The second-order valence-corrected chi connectivity index (χ2v) is 14.0. The maximum atomic E-state index is 6.27. The molecule has 2 atom stereocenters. The van der Waals surface area contributed by atoms with E-state index in [9.17, 15) is 0 Å². The van der Waals surface area contributed by atoms with Gasteiger partial charge in [0.15, 0.2) is 6.29 Å². The number of halogens is 2. The molecule has 0 bridgehead atoms. The van der Waals surface area contributed by atoms with Gasteiger partial charge in [0.1, 0.15) is 0 Å². The van der Waals surface area contributed by atoms with E-state index in [0.29, 0.717) is 13.2 Å². The van der Waals surface area contributed by atoms with Crippen LogP contribution in [0, 0.1) is 0 Å². The number of rotatable bonds is 12. The Bertz CT molecular complexity index is 214. The normalized spacial score (nSPS) is 16.6. The number of ether oxygens (including phenoxy) is 2. The summed E-state index contributed by atoms with van der Waals surface area (Å²) < 4.78 is 11.7. The molecule has 0 aliphatic heterocycles. The molecule has 0 aliphatic carbocycles. The van der Waals surface area contributed by atoms with Crippen LogP contribution in [-0.4, -0.2) is 56.6 Å². The highest BCUT2D eigenvalue weighted by molar-refractivity contribution is 6.67. The second-order valence-electron chi connectivity index (χ2n) is 5.40. The molecule has 0 spiro atoms. The average Bonchev–Trinajstić information content (AvgIpc) is 2.37. The summed E-state index contributed by atoms with van der Waals surface area (Å²) >= 11 is 12.5. The Morgan fingerprint density at radius 3 is 1.60 bits per heavy atom. The SMILES string of the molecule is C[Si]CC(OCCC(Cl)[Si](C)C)OCCC(Cl)[Si](C)C. The molecule has 7 heteroatoms. The minimum absolute atomic E-state index is 0.0835. The topological polar surface area (TPSA) is 18.5 Å². The molecule has 0 aromatic carbocycles. The van der Waals surface area contributed by atoms with Gasteiger partial charge in [-0.3, -0.25) is 0 Å². The molecule has 0 heterocycles. The third-order valence-electron chi connectivity index (χ3n) is 2.97. The summed E-state index contributed by atoms with van der Waals surface area (Å²) in [5, 5.41) is 0.560. The molecule has 0 aromatic heterocycles. The first kappa shape index (κ1) is 21.2. The summed E-state index contributed by atoms with van der Waals surface area (Å²) in [4.78, 5) is 0. The van der Waals surface area contributed by atoms with Gasteiger partial charge in [0.25, 0.3) is 0 Å². The minimum atomic E-state index is -0.427. The van der Waals surface area contributed by atoms with Crippen LogP contribution in [0.5, 0.6) is 0 Å². The third kappa shape index (κ3) is 10.8. The lowest BCUT2D eigenvalue weighted by atomic mass is 10.5. The summed E-state index contributed by atoms with van der Waals surface area (Å²) in [7, 11) is -0.0168. The Labute approximate surface area is 140 Å². The molecule has 0 aromatic rings. The highest BCUT2D eigenvalue weighted by atomic mass is 35.5. The standard InChI is InChI=1S/C13H28Cl2O2Si3/c1-18-10-13(16-8-6-11(14)19(2)3)17-9-7-12(15)20(4)5/h11-13H,6-10H2,1-5H3. The van der Waals surface area contributed by atoms with Gasteiger partial charge in [0.05, 0.1) is 30.8 Å². The molecule has 0 N–H and O–H groups in total. The first-order valence-electron chi connectivity index (χ1n) is 7.14. The number of hydrogen-bond acceptors (Lipinski definition) is 2. The molecular formula is C13H28Cl2O2Si3. The molecule has 2 nitrogen and oxygen atoms in total. The Hall–Kier alpha value is 1.15. The highest BCUT2D eigenvalue weighted by Crippen LogP contribution is 2.12. The first-order valence-corrected chi connectivity index (χ1v) is 14.9. The predicted molar refractivity (Wildman–Crippen MR) is 95.6 cm³/mol. The van der Waals surface area contributed by atoms with Gasteiger partial charge in [-0.15, -0.1) is 23.2 Å². The molecule has 0 aliphatic rings. The largest absolute Gasteiger partial charge is 0.353 e. The van der Waals surface area contributed by atoms with Crippen molar-refractivity contribution >= 4 is 50.3 Å². The molecule has 4 radical (unpaired) electrons. The Balaban J connectivity index is 3.86. The third-order valence-corrected chi connectivity index (χ3v) is 9.85. The van der Waals surface area contributed by atoms with Gasteiger partial charge >= 0.3 is 0 Å². The van der Waals surface area contributed by atoms with Gasteiger partial charge in [-0.1, -0.05) is 32.7 Å². The van der Waals surface area contributed by atoms with Gasteiger partial charge in [-0.2, -0.15) is 0 Å². The van der Waals surface area contributed by atoms with E-state index in [0.717, 1.165) is 28.4 Å². The van der Waals surface area contributed by atoms with Crippen LogP contribution in [0.1, 0.15) is 12.8 Å². The maximum Gasteiger partial charge on any atom is 0.154 e. The fraction of sp³-hybridized carbons (Fsp3) is 1.00. The van der Waals surface area contributed by atoms with Crippen molar-refractivity contribution < 1.29 is 9.47 Å². The van der Waals surface area contributed by atoms with E-state index in [1.807, 2.05) is 0 Å². The predicted octanol–water partition coefficient (Wildman–Crippen LogP) is 4.10. The summed E-state index contributed by atoms with van der Waals surface area (Å²) in [6.45, 7) is 12.5. The van der Waals surface area contributed by atoms with Crippen molar-refractivity contribution in [3.8, 4) is 0 Å². The lowest BCUT2D eigenvalue weighted by Crippen LogP contribution is -2.26. The monoisotopic (exact) mass is 370 g/mol. The van der Waals surface area contributed by atoms with Gasteiger partial charge in [0, 0.05) is 19.5 Å². The van der Waals surface area contributed by atoms with Crippen molar-refractivity contribution in [2.24, 2.45) is 0 Å². The van der Waals surface area contributed by atoms with Crippen LogP contribution in [0.15, 0.2) is 0 Å². The number of alkyl halides is 2. The fourth-order valence-corrected chi connectivity index (χ4v) is 3.65. The zero-order valence-corrected chi connectivity index (χ0v) is 17.9. The highest BCUT2D eigenvalue weighted by Gasteiger charge is 2.15. The van der Waals surface area contributed by atoms with E-state index in [4.69, 9.17) is 32.7 Å². The first-order chi connectivity index (χ1) is 9.38. The summed E-state index contributed by atoms with van der Waals surface area (Å²) in [6.07, 6.45) is 1.76. The van der Waals surface area contributed by atoms with Crippen molar-refractivity contribution in [3.63, 3.8) is 0 Å². The van der Waals surface area contributed by atoms with E-state index in [1.54, 1.807) is 0 Å². The van der Waals surface area contributed by atoms with Crippen LogP contribution in [0.2, 0.25) is 38.8 Å².